The van der Waals surface area contributed by atoms with Gasteiger partial charge in [0.15, 0.2) is 5.82 Å². The third kappa shape index (κ3) is 3.91. The summed E-state index contributed by atoms with van der Waals surface area (Å²) in [6.45, 7) is 0. The molecule has 2 aromatic carbocycles. The van der Waals surface area contributed by atoms with Crippen LogP contribution in [0.3, 0.4) is 0 Å². The minimum atomic E-state index is -0.376. The zero-order valence-corrected chi connectivity index (χ0v) is 16.1. The highest BCUT2D eigenvalue weighted by Crippen LogP contribution is 2.22. The molecule has 0 saturated carbocycles. The van der Waals surface area contributed by atoms with Gasteiger partial charge in [-0.1, -0.05) is 52.3 Å². The second-order valence-electron chi connectivity index (χ2n) is 5.79. The highest BCUT2D eigenvalue weighted by Gasteiger charge is 2.20. The monoisotopic (exact) mass is 435 g/mol. The summed E-state index contributed by atoms with van der Waals surface area (Å²) in [5.74, 6) is 0.579. The van der Waals surface area contributed by atoms with Crippen molar-refractivity contribution in [2.24, 2.45) is 0 Å². The number of nitrogens with one attached hydrogen (secondary N) is 1. The topological polar surface area (TPSA) is 85.8 Å². The zero-order valence-electron chi connectivity index (χ0n) is 14.5. The van der Waals surface area contributed by atoms with Crippen molar-refractivity contribution in [3.05, 3.63) is 83.2 Å². The number of rotatable bonds is 5. The smallest absolute Gasteiger partial charge is 0.274 e. The summed E-state index contributed by atoms with van der Waals surface area (Å²) >= 11 is 3.40. The Morgan fingerprint density at radius 1 is 1.07 bits per heavy atom. The van der Waals surface area contributed by atoms with Crippen LogP contribution in [0.15, 0.2) is 81.9 Å². The first-order valence-corrected chi connectivity index (χ1v) is 9.16. The maximum absolute atomic E-state index is 13.1. The number of nitrogens with zero attached hydrogens (tertiary/aromatic N) is 4. The number of aromatic nitrogens is 4. The Morgan fingerprint density at radius 2 is 1.93 bits per heavy atom. The van der Waals surface area contributed by atoms with Gasteiger partial charge < -0.3 is 9.73 Å². The van der Waals surface area contributed by atoms with Crippen LogP contribution >= 0.6 is 15.9 Å². The van der Waals surface area contributed by atoms with Gasteiger partial charge in [-0.2, -0.15) is 4.68 Å². The molecule has 0 aliphatic rings. The average Bonchev–Trinajstić information content (AvgIpc) is 3.38. The first-order valence-electron chi connectivity index (χ1n) is 8.37. The summed E-state index contributed by atoms with van der Waals surface area (Å²) in [5, 5.41) is 14.7. The van der Waals surface area contributed by atoms with Gasteiger partial charge in [0, 0.05) is 21.8 Å². The minimum Gasteiger partial charge on any atom is -0.465 e. The van der Waals surface area contributed by atoms with E-state index in [-0.39, 0.29) is 11.6 Å². The molecule has 0 spiro atoms. The van der Waals surface area contributed by atoms with Crippen LogP contribution in [-0.2, 0) is 4.79 Å². The van der Waals surface area contributed by atoms with Crippen LogP contribution in [0.5, 0.6) is 0 Å². The van der Waals surface area contributed by atoms with Crippen LogP contribution in [0.25, 0.3) is 23.2 Å². The fraction of sp³-hybridized carbons (Fsp3) is 0. The van der Waals surface area contributed by atoms with Gasteiger partial charge in [-0.05, 0) is 40.8 Å². The van der Waals surface area contributed by atoms with Gasteiger partial charge in [0.1, 0.15) is 11.5 Å². The van der Waals surface area contributed by atoms with E-state index < -0.39 is 0 Å². The van der Waals surface area contributed by atoms with Crippen molar-refractivity contribution < 1.29 is 9.21 Å². The Balaban J connectivity index is 1.76. The highest BCUT2D eigenvalue weighted by molar-refractivity contribution is 9.10. The Kier molecular flexibility index (Phi) is 5.11. The molecule has 8 heteroatoms. The van der Waals surface area contributed by atoms with E-state index in [2.05, 4.69) is 36.8 Å². The van der Waals surface area contributed by atoms with Crippen molar-refractivity contribution in [2.45, 2.75) is 0 Å². The van der Waals surface area contributed by atoms with Gasteiger partial charge in [0.05, 0.1) is 6.26 Å². The van der Waals surface area contributed by atoms with Crippen LogP contribution in [0.2, 0.25) is 0 Å². The second-order valence-corrected chi connectivity index (χ2v) is 6.71. The van der Waals surface area contributed by atoms with E-state index in [4.69, 9.17) is 4.42 Å². The minimum absolute atomic E-state index is 0.221. The van der Waals surface area contributed by atoms with Crippen molar-refractivity contribution in [3.8, 4) is 11.4 Å². The number of furan rings is 1. The number of hydrogen-bond acceptors (Lipinski definition) is 5. The quantitative estimate of drug-likeness (QED) is 0.471. The van der Waals surface area contributed by atoms with Crippen molar-refractivity contribution >= 4 is 39.3 Å². The number of hydrogen-bond donors (Lipinski definition) is 1. The summed E-state index contributed by atoms with van der Waals surface area (Å²) in [7, 11) is 0. The number of halogens is 1. The van der Waals surface area contributed by atoms with Crippen LogP contribution < -0.4 is 5.32 Å². The summed E-state index contributed by atoms with van der Waals surface area (Å²) in [6.07, 6.45) is 3.13. The van der Waals surface area contributed by atoms with E-state index in [0.29, 0.717) is 17.3 Å². The molecule has 0 aliphatic heterocycles. The Hall–Kier alpha value is -3.52. The molecular weight excluding hydrogens is 422 g/mol. The lowest BCUT2D eigenvalue weighted by molar-refractivity contribution is -0.111. The predicted octanol–water partition coefficient (Wildman–Crippen LogP) is 4.33. The third-order valence-corrected chi connectivity index (χ3v) is 4.36. The largest absolute Gasteiger partial charge is 0.465 e. The molecule has 1 amide bonds. The zero-order chi connectivity index (χ0) is 19.3. The van der Waals surface area contributed by atoms with E-state index in [9.17, 15) is 4.79 Å². The van der Waals surface area contributed by atoms with Gasteiger partial charge in [-0.3, -0.25) is 4.79 Å². The lowest BCUT2D eigenvalue weighted by Crippen LogP contribution is -2.19. The van der Waals surface area contributed by atoms with Gasteiger partial charge in [-0.15, -0.1) is 5.10 Å². The molecular formula is C20H14BrN5O2. The third-order valence-electron chi connectivity index (χ3n) is 3.87. The fourth-order valence-corrected chi connectivity index (χ4v) is 3.01. The molecule has 28 heavy (non-hydrogen) atoms. The summed E-state index contributed by atoms with van der Waals surface area (Å²) in [4.78, 5) is 13.1. The van der Waals surface area contributed by atoms with Crippen LogP contribution in [0.1, 0.15) is 5.76 Å². The van der Waals surface area contributed by atoms with E-state index in [1.54, 1.807) is 30.3 Å². The Morgan fingerprint density at radius 3 is 2.68 bits per heavy atom. The van der Waals surface area contributed by atoms with Gasteiger partial charge in [0.25, 0.3) is 5.91 Å². The predicted molar refractivity (Wildman–Crippen MR) is 109 cm³/mol. The molecule has 4 aromatic rings. The molecule has 0 atom stereocenters. The van der Waals surface area contributed by atoms with Crippen LogP contribution in [0, 0.1) is 0 Å². The van der Waals surface area contributed by atoms with Crippen LogP contribution in [-0.4, -0.2) is 26.1 Å². The molecule has 138 valence electrons. The van der Waals surface area contributed by atoms with Crippen LogP contribution in [0.4, 0.5) is 5.69 Å². The van der Waals surface area contributed by atoms with E-state index in [1.165, 1.54) is 10.9 Å². The molecule has 0 unspecified atom stereocenters. The average molecular weight is 436 g/mol. The molecule has 4 rings (SSSR count). The van der Waals surface area contributed by atoms with Gasteiger partial charge in [-0.25, -0.2) is 0 Å². The normalized spacial score (nSPS) is 11.4. The maximum atomic E-state index is 13.1. The molecule has 2 aromatic heterocycles. The van der Waals surface area contributed by atoms with Crippen molar-refractivity contribution in [2.75, 3.05) is 5.32 Å². The number of tetrazole rings is 1. The molecule has 0 bridgehead atoms. The molecule has 0 aliphatic carbocycles. The van der Waals surface area contributed by atoms with E-state index in [1.807, 2.05) is 42.5 Å². The van der Waals surface area contributed by atoms with Crippen molar-refractivity contribution in [1.29, 1.82) is 0 Å². The lowest BCUT2D eigenvalue weighted by atomic mass is 10.2. The molecule has 0 saturated heterocycles. The SMILES string of the molecule is O=C(Nc1cccc(Br)c1)C(=Cc1ccco1)n1nnnc1-c1ccccc1. The maximum Gasteiger partial charge on any atom is 0.274 e. The van der Waals surface area contributed by atoms with Gasteiger partial charge in [0.2, 0.25) is 0 Å². The lowest BCUT2D eigenvalue weighted by Gasteiger charge is -2.10. The highest BCUT2D eigenvalue weighted by atomic mass is 79.9. The summed E-state index contributed by atoms with van der Waals surface area (Å²) in [5.41, 5.74) is 1.64. The first kappa shape index (κ1) is 17.9. The number of carbonyl (C=O) groups excluding carboxylic acids is 1. The molecule has 0 fully saturated rings. The first-order chi connectivity index (χ1) is 13.7. The number of benzene rings is 2. The number of anilines is 1. The van der Waals surface area contributed by atoms with E-state index >= 15 is 0 Å². The van der Waals surface area contributed by atoms with Gasteiger partial charge >= 0.3 is 0 Å². The van der Waals surface area contributed by atoms with Crippen molar-refractivity contribution in [3.63, 3.8) is 0 Å². The number of carbonyl (C=O) groups is 1. The molecule has 7 nitrogen and oxygen atoms in total. The molecule has 0 radical (unpaired) electrons. The second kappa shape index (κ2) is 8.01. The summed E-state index contributed by atoms with van der Waals surface area (Å²) in [6, 6.07) is 20.2. The molecule has 1 N–H and O–H groups in total. The Bertz CT molecular complexity index is 1120. The number of amides is 1. The Labute approximate surface area is 168 Å². The summed E-state index contributed by atoms with van der Waals surface area (Å²) < 4.78 is 7.63. The van der Waals surface area contributed by atoms with Crippen molar-refractivity contribution in [1.82, 2.24) is 20.2 Å². The standard InChI is InChI=1S/C20H14BrN5O2/c21-15-8-4-9-16(12-15)22-20(27)18(13-17-10-5-11-28-17)26-19(23-24-25-26)14-6-2-1-3-7-14/h1-13H,(H,22,27). The van der Waals surface area contributed by atoms with E-state index in [0.717, 1.165) is 10.0 Å². The fourth-order valence-electron chi connectivity index (χ4n) is 2.61. The molecule has 2 heterocycles.